The average molecular weight is 440 g/mol. The van der Waals surface area contributed by atoms with Crippen molar-refractivity contribution in [1.29, 1.82) is 0 Å². The van der Waals surface area contributed by atoms with Crippen molar-refractivity contribution in [2.45, 2.75) is 24.9 Å². The van der Waals surface area contributed by atoms with E-state index >= 15 is 0 Å². The highest BCUT2D eigenvalue weighted by Gasteiger charge is 2.66. The van der Waals surface area contributed by atoms with Gasteiger partial charge in [-0.2, -0.15) is 13.2 Å². The molecule has 1 aliphatic rings. The van der Waals surface area contributed by atoms with Gasteiger partial charge in [0.25, 0.3) is 5.72 Å². The molecular formula is C20H19F3N2O4S. The minimum Gasteiger partial charge on any atom is -0.466 e. The summed E-state index contributed by atoms with van der Waals surface area (Å²) in [5, 5.41) is 14.5. The largest absolute Gasteiger partial charge is 0.466 e. The first-order valence-electron chi connectivity index (χ1n) is 9.03. The molecule has 1 fully saturated rings. The molecule has 0 spiro atoms. The molecule has 2 aromatic rings. The molecule has 1 saturated heterocycles. The lowest BCUT2D eigenvalue weighted by Crippen LogP contribution is -2.73. The summed E-state index contributed by atoms with van der Waals surface area (Å²) >= 11 is 4.88. The lowest BCUT2D eigenvalue weighted by Gasteiger charge is -2.45. The molecule has 6 nitrogen and oxygen atoms in total. The number of esters is 1. The van der Waals surface area contributed by atoms with Gasteiger partial charge < -0.3 is 25.2 Å². The zero-order chi connectivity index (χ0) is 21.9. The molecule has 1 aliphatic heterocycles. The highest BCUT2D eigenvalue weighted by atomic mass is 32.1. The van der Waals surface area contributed by atoms with Crippen LogP contribution in [0, 0.1) is 5.92 Å². The third kappa shape index (κ3) is 4.34. The SMILES string of the molecule is CCOC(=O)[C@H]1[C@@H](c2cccc(Oc3ccccc3)c2)NC(=S)N[C@@]1(O)C(F)(F)F. The molecule has 160 valence electrons. The van der Waals surface area contributed by atoms with Gasteiger partial charge in [0.05, 0.1) is 12.6 Å². The minimum absolute atomic E-state index is 0.155. The first-order chi connectivity index (χ1) is 14.2. The second-order valence-electron chi connectivity index (χ2n) is 6.56. The van der Waals surface area contributed by atoms with Crippen molar-refractivity contribution in [3.05, 3.63) is 60.2 Å². The molecule has 3 rings (SSSR count). The number of hydrogen-bond donors (Lipinski definition) is 3. The molecule has 0 radical (unpaired) electrons. The van der Waals surface area contributed by atoms with Crippen LogP contribution in [0.25, 0.3) is 0 Å². The zero-order valence-electron chi connectivity index (χ0n) is 15.8. The molecule has 3 atom stereocenters. The maximum atomic E-state index is 13.8. The number of thiocarbonyl (C=S) groups is 1. The fourth-order valence-corrected chi connectivity index (χ4v) is 3.49. The number of hydrogen-bond acceptors (Lipinski definition) is 5. The maximum absolute atomic E-state index is 13.8. The van der Waals surface area contributed by atoms with Gasteiger partial charge in [0.1, 0.15) is 17.4 Å². The van der Waals surface area contributed by atoms with Crippen LogP contribution in [0.4, 0.5) is 13.2 Å². The van der Waals surface area contributed by atoms with Crippen LogP contribution in [0.3, 0.4) is 0 Å². The van der Waals surface area contributed by atoms with Crippen LogP contribution in [-0.4, -0.2) is 34.7 Å². The highest BCUT2D eigenvalue weighted by Crippen LogP contribution is 2.43. The summed E-state index contributed by atoms with van der Waals surface area (Å²) in [6.07, 6.45) is -5.20. The Kier molecular flexibility index (Phi) is 6.18. The number of nitrogens with one attached hydrogen (secondary N) is 2. The number of carbonyl (C=O) groups is 1. The lowest BCUT2D eigenvalue weighted by molar-refractivity contribution is -0.292. The Balaban J connectivity index is 2.02. The number of alkyl halides is 3. The third-order valence-corrected chi connectivity index (χ3v) is 4.76. The van der Waals surface area contributed by atoms with Crippen molar-refractivity contribution in [2.24, 2.45) is 5.92 Å². The van der Waals surface area contributed by atoms with Crippen LogP contribution in [0.2, 0.25) is 0 Å². The Morgan fingerprint density at radius 3 is 2.47 bits per heavy atom. The second-order valence-corrected chi connectivity index (χ2v) is 6.97. The molecule has 10 heteroatoms. The molecule has 2 aromatic carbocycles. The van der Waals surface area contributed by atoms with E-state index in [-0.39, 0.29) is 12.2 Å². The van der Waals surface area contributed by atoms with Crippen LogP contribution < -0.4 is 15.4 Å². The number of para-hydroxylation sites is 1. The Labute approximate surface area is 176 Å². The lowest BCUT2D eigenvalue weighted by atomic mass is 9.82. The summed E-state index contributed by atoms with van der Waals surface area (Å²) in [7, 11) is 0. The molecule has 0 aliphatic carbocycles. The normalized spacial score (nSPS) is 23.8. The molecule has 30 heavy (non-hydrogen) atoms. The quantitative estimate of drug-likeness (QED) is 0.486. The fourth-order valence-electron chi connectivity index (χ4n) is 3.21. The smallest absolute Gasteiger partial charge is 0.437 e. The maximum Gasteiger partial charge on any atom is 0.437 e. The van der Waals surface area contributed by atoms with E-state index in [0.29, 0.717) is 11.5 Å². The van der Waals surface area contributed by atoms with Crippen LogP contribution in [0.15, 0.2) is 54.6 Å². The average Bonchev–Trinajstić information content (AvgIpc) is 2.67. The first kappa shape index (κ1) is 21.8. The molecule has 1 heterocycles. The molecule has 0 amide bonds. The Morgan fingerprint density at radius 1 is 1.17 bits per heavy atom. The summed E-state index contributed by atoms with van der Waals surface area (Å²) in [5.41, 5.74) is -3.35. The van der Waals surface area contributed by atoms with E-state index in [1.165, 1.54) is 19.1 Å². The van der Waals surface area contributed by atoms with Gasteiger partial charge in [-0.15, -0.1) is 0 Å². The summed E-state index contributed by atoms with van der Waals surface area (Å²) < 4.78 is 51.9. The summed E-state index contributed by atoms with van der Waals surface area (Å²) in [5.74, 6) is -2.42. The first-order valence-corrected chi connectivity index (χ1v) is 9.44. The van der Waals surface area contributed by atoms with E-state index in [1.807, 2.05) is 6.07 Å². The number of rotatable bonds is 5. The van der Waals surface area contributed by atoms with Crippen LogP contribution in [0.1, 0.15) is 18.5 Å². The number of benzene rings is 2. The second kappa shape index (κ2) is 8.49. The number of ether oxygens (including phenoxy) is 2. The standard InChI is InChI=1S/C20H19F3N2O4S/c1-2-28-17(26)15-16(24-18(30)25-19(15,27)20(21,22)23)12-7-6-10-14(11-12)29-13-8-4-3-5-9-13/h3-11,15-16,27H,2H2,1H3,(H2,24,25,30)/t15-,16-,19+/m1/s1. The fraction of sp³-hybridized carbons (Fsp3) is 0.300. The molecular weight excluding hydrogens is 421 g/mol. The molecule has 0 unspecified atom stereocenters. The van der Waals surface area contributed by atoms with Crippen LogP contribution in [-0.2, 0) is 9.53 Å². The van der Waals surface area contributed by atoms with Gasteiger partial charge in [-0.25, -0.2) is 0 Å². The summed E-state index contributed by atoms with van der Waals surface area (Å²) in [6.45, 7) is 1.31. The van der Waals surface area contributed by atoms with Crippen molar-refractivity contribution >= 4 is 23.3 Å². The van der Waals surface area contributed by atoms with Crippen molar-refractivity contribution in [3.63, 3.8) is 0 Å². The van der Waals surface area contributed by atoms with Gasteiger partial charge in [0, 0.05) is 0 Å². The van der Waals surface area contributed by atoms with Gasteiger partial charge >= 0.3 is 12.1 Å². The van der Waals surface area contributed by atoms with Crippen LogP contribution >= 0.6 is 12.2 Å². The van der Waals surface area contributed by atoms with E-state index < -0.39 is 34.9 Å². The van der Waals surface area contributed by atoms with E-state index in [4.69, 9.17) is 21.7 Å². The topological polar surface area (TPSA) is 79.8 Å². The highest BCUT2D eigenvalue weighted by molar-refractivity contribution is 7.80. The molecule has 3 N–H and O–H groups in total. The third-order valence-electron chi connectivity index (χ3n) is 4.54. The number of aliphatic hydroxyl groups is 1. The van der Waals surface area contributed by atoms with E-state index in [9.17, 15) is 23.1 Å². The predicted molar refractivity (Wildman–Crippen MR) is 106 cm³/mol. The van der Waals surface area contributed by atoms with Gasteiger partial charge in [0.2, 0.25) is 0 Å². The van der Waals surface area contributed by atoms with Gasteiger partial charge in [-0.05, 0) is 49.0 Å². The molecule has 0 bridgehead atoms. The minimum atomic E-state index is -5.20. The van der Waals surface area contributed by atoms with E-state index in [1.54, 1.807) is 41.7 Å². The van der Waals surface area contributed by atoms with Gasteiger partial charge in [-0.1, -0.05) is 30.3 Å². The Hall–Kier alpha value is -2.85. The number of halogens is 3. The van der Waals surface area contributed by atoms with Gasteiger partial charge in [0.15, 0.2) is 5.11 Å². The summed E-state index contributed by atoms with van der Waals surface area (Å²) in [6, 6.07) is 13.6. The number of carbonyl (C=O) groups excluding carboxylic acids is 1. The van der Waals surface area contributed by atoms with Crippen molar-refractivity contribution in [1.82, 2.24) is 10.6 Å². The summed E-state index contributed by atoms with van der Waals surface area (Å²) in [4.78, 5) is 12.5. The Morgan fingerprint density at radius 2 is 1.83 bits per heavy atom. The molecule has 0 aromatic heterocycles. The van der Waals surface area contributed by atoms with E-state index in [0.717, 1.165) is 0 Å². The predicted octanol–water partition coefficient (Wildman–Crippen LogP) is 3.43. The zero-order valence-corrected chi connectivity index (χ0v) is 16.6. The van der Waals surface area contributed by atoms with E-state index in [2.05, 4.69) is 5.32 Å². The van der Waals surface area contributed by atoms with Crippen molar-refractivity contribution in [3.8, 4) is 11.5 Å². The van der Waals surface area contributed by atoms with Crippen molar-refractivity contribution < 1.29 is 32.5 Å². The van der Waals surface area contributed by atoms with Crippen LogP contribution in [0.5, 0.6) is 11.5 Å². The monoisotopic (exact) mass is 440 g/mol. The van der Waals surface area contributed by atoms with Crippen molar-refractivity contribution in [2.75, 3.05) is 6.61 Å². The van der Waals surface area contributed by atoms with Gasteiger partial charge in [-0.3, -0.25) is 4.79 Å². The molecule has 0 saturated carbocycles. The Bertz CT molecular complexity index is 926.